The minimum absolute atomic E-state index is 0.0111. The van der Waals surface area contributed by atoms with E-state index in [1.54, 1.807) is 12.1 Å². The first-order valence-electron chi connectivity index (χ1n) is 7.55. The summed E-state index contributed by atoms with van der Waals surface area (Å²) in [6, 6.07) is 10.1. The topological polar surface area (TPSA) is 42.0 Å². The van der Waals surface area contributed by atoms with Gasteiger partial charge >= 0.3 is 0 Å². The maximum Gasteiger partial charge on any atom is 0.260 e. The van der Waals surface area contributed by atoms with Gasteiger partial charge in [-0.1, -0.05) is 29.8 Å². The number of nitrogens with one attached hydrogen (secondary N) is 1. The standard InChI is InChI=1S/C19H17FN2OS/c1-11-8-12(2)17(13(3)9-11)16-10-24-19(21-16)22-18(23)14-6-4-5-7-15(14)20/h4-10H,1-3H3,(H,21,22,23). The third-order valence-corrected chi connectivity index (χ3v) is 4.53. The highest BCUT2D eigenvalue weighted by Crippen LogP contribution is 2.31. The van der Waals surface area contributed by atoms with Crippen LogP contribution in [-0.4, -0.2) is 10.9 Å². The molecule has 1 heterocycles. The smallest absolute Gasteiger partial charge is 0.260 e. The van der Waals surface area contributed by atoms with E-state index in [-0.39, 0.29) is 5.56 Å². The van der Waals surface area contributed by atoms with Crippen LogP contribution in [-0.2, 0) is 0 Å². The molecule has 3 nitrogen and oxygen atoms in total. The van der Waals surface area contributed by atoms with Gasteiger partial charge in [0.05, 0.1) is 11.3 Å². The lowest BCUT2D eigenvalue weighted by Gasteiger charge is -2.08. The Morgan fingerprint density at radius 3 is 2.46 bits per heavy atom. The number of thiazole rings is 1. The number of amides is 1. The monoisotopic (exact) mass is 340 g/mol. The lowest BCUT2D eigenvalue weighted by molar-refractivity contribution is 0.102. The summed E-state index contributed by atoms with van der Waals surface area (Å²) in [7, 11) is 0. The van der Waals surface area contributed by atoms with Crippen LogP contribution in [0, 0.1) is 26.6 Å². The SMILES string of the molecule is Cc1cc(C)c(-c2csc(NC(=O)c3ccccc3F)n2)c(C)c1. The molecular weight excluding hydrogens is 323 g/mol. The summed E-state index contributed by atoms with van der Waals surface area (Å²) in [6.07, 6.45) is 0. The number of benzene rings is 2. The molecule has 0 aliphatic carbocycles. The van der Waals surface area contributed by atoms with Crippen LogP contribution in [0.3, 0.4) is 0 Å². The van der Waals surface area contributed by atoms with Gasteiger partial charge in [-0.2, -0.15) is 0 Å². The highest BCUT2D eigenvalue weighted by Gasteiger charge is 2.15. The van der Waals surface area contributed by atoms with Gasteiger partial charge in [-0.25, -0.2) is 9.37 Å². The summed E-state index contributed by atoms with van der Waals surface area (Å²) in [4.78, 5) is 16.7. The number of carbonyl (C=O) groups excluding carboxylic acids is 1. The van der Waals surface area contributed by atoms with E-state index < -0.39 is 11.7 Å². The molecule has 0 spiro atoms. The predicted molar refractivity (Wildman–Crippen MR) is 96.1 cm³/mol. The summed E-state index contributed by atoms with van der Waals surface area (Å²) >= 11 is 1.33. The Balaban J connectivity index is 1.87. The summed E-state index contributed by atoms with van der Waals surface area (Å²) in [5, 5.41) is 5.03. The maximum atomic E-state index is 13.7. The highest BCUT2D eigenvalue weighted by molar-refractivity contribution is 7.14. The predicted octanol–water partition coefficient (Wildman–Crippen LogP) is 5.13. The number of anilines is 1. The lowest BCUT2D eigenvalue weighted by atomic mass is 9.98. The van der Waals surface area contributed by atoms with Crippen molar-refractivity contribution in [1.82, 2.24) is 4.98 Å². The molecule has 0 aliphatic heterocycles. The van der Waals surface area contributed by atoms with E-state index in [9.17, 15) is 9.18 Å². The molecule has 0 radical (unpaired) electrons. The van der Waals surface area contributed by atoms with Gasteiger partial charge in [0, 0.05) is 10.9 Å². The normalized spacial score (nSPS) is 10.7. The quantitative estimate of drug-likeness (QED) is 0.718. The zero-order valence-corrected chi connectivity index (χ0v) is 14.5. The molecule has 24 heavy (non-hydrogen) atoms. The number of aromatic nitrogens is 1. The number of nitrogens with zero attached hydrogens (tertiary/aromatic N) is 1. The average molecular weight is 340 g/mol. The van der Waals surface area contributed by atoms with Crippen LogP contribution >= 0.6 is 11.3 Å². The van der Waals surface area contributed by atoms with Crippen molar-refractivity contribution in [3.8, 4) is 11.3 Å². The molecule has 2 aromatic carbocycles. The van der Waals surface area contributed by atoms with Crippen molar-refractivity contribution in [2.75, 3.05) is 5.32 Å². The summed E-state index contributed by atoms with van der Waals surface area (Å²) in [5.74, 6) is -1.04. The van der Waals surface area contributed by atoms with Gasteiger partial charge in [0.25, 0.3) is 5.91 Å². The van der Waals surface area contributed by atoms with E-state index >= 15 is 0 Å². The van der Waals surface area contributed by atoms with Crippen LogP contribution < -0.4 is 5.32 Å². The van der Waals surface area contributed by atoms with E-state index in [1.807, 2.05) is 19.2 Å². The third kappa shape index (κ3) is 3.21. The molecule has 1 amide bonds. The second-order valence-electron chi connectivity index (χ2n) is 5.75. The van der Waals surface area contributed by atoms with Gasteiger partial charge in [0.2, 0.25) is 0 Å². The van der Waals surface area contributed by atoms with E-state index in [1.165, 1.54) is 29.0 Å². The number of hydrogen-bond acceptors (Lipinski definition) is 3. The van der Waals surface area contributed by atoms with Crippen LogP contribution in [0.25, 0.3) is 11.3 Å². The molecule has 0 bridgehead atoms. The summed E-state index contributed by atoms with van der Waals surface area (Å²) in [6.45, 7) is 6.16. The van der Waals surface area contributed by atoms with Gasteiger partial charge in [0.1, 0.15) is 5.82 Å². The largest absolute Gasteiger partial charge is 0.298 e. The molecule has 5 heteroatoms. The fourth-order valence-corrected chi connectivity index (χ4v) is 3.54. The Kier molecular flexibility index (Phi) is 4.44. The molecule has 0 atom stereocenters. The van der Waals surface area contributed by atoms with Crippen molar-refractivity contribution in [2.24, 2.45) is 0 Å². The molecule has 3 rings (SSSR count). The first-order valence-corrected chi connectivity index (χ1v) is 8.43. The number of rotatable bonds is 3. The second-order valence-corrected chi connectivity index (χ2v) is 6.60. The fourth-order valence-electron chi connectivity index (χ4n) is 2.84. The van der Waals surface area contributed by atoms with Crippen LogP contribution in [0.4, 0.5) is 9.52 Å². The number of carbonyl (C=O) groups is 1. The Labute approximate surface area is 144 Å². The zero-order chi connectivity index (χ0) is 17.3. The van der Waals surface area contributed by atoms with E-state index in [2.05, 4.69) is 29.4 Å². The van der Waals surface area contributed by atoms with Crippen LogP contribution in [0.1, 0.15) is 27.0 Å². The van der Waals surface area contributed by atoms with Gasteiger partial charge in [-0.05, 0) is 44.0 Å². The fraction of sp³-hybridized carbons (Fsp3) is 0.158. The Morgan fingerprint density at radius 1 is 1.12 bits per heavy atom. The van der Waals surface area contributed by atoms with Crippen molar-refractivity contribution >= 4 is 22.4 Å². The van der Waals surface area contributed by atoms with Crippen LogP contribution in [0.2, 0.25) is 0 Å². The number of halogens is 1. The van der Waals surface area contributed by atoms with Crippen molar-refractivity contribution in [3.05, 3.63) is 69.8 Å². The van der Waals surface area contributed by atoms with Crippen LogP contribution in [0.5, 0.6) is 0 Å². The zero-order valence-electron chi connectivity index (χ0n) is 13.7. The maximum absolute atomic E-state index is 13.7. The minimum Gasteiger partial charge on any atom is -0.298 e. The van der Waals surface area contributed by atoms with E-state index in [0.717, 1.165) is 22.4 Å². The second kappa shape index (κ2) is 6.53. The minimum atomic E-state index is -0.544. The molecule has 0 fully saturated rings. The van der Waals surface area contributed by atoms with Gasteiger partial charge in [0.15, 0.2) is 5.13 Å². The molecule has 0 saturated heterocycles. The van der Waals surface area contributed by atoms with Crippen molar-refractivity contribution in [2.45, 2.75) is 20.8 Å². The first-order chi connectivity index (χ1) is 11.5. The van der Waals surface area contributed by atoms with E-state index in [0.29, 0.717) is 5.13 Å². The van der Waals surface area contributed by atoms with E-state index in [4.69, 9.17) is 0 Å². The molecule has 0 saturated carbocycles. The molecule has 1 aromatic heterocycles. The lowest BCUT2D eigenvalue weighted by Crippen LogP contribution is -2.13. The Hall–Kier alpha value is -2.53. The van der Waals surface area contributed by atoms with Gasteiger partial charge in [-0.3, -0.25) is 10.1 Å². The molecule has 0 unspecified atom stereocenters. The average Bonchev–Trinajstić information content (AvgIpc) is 2.94. The molecule has 0 aliphatic rings. The van der Waals surface area contributed by atoms with Gasteiger partial charge in [-0.15, -0.1) is 11.3 Å². The first kappa shape index (κ1) is 16.3. The molecule has 1 N–H and O–H groups in total. The van der Waals surface area contributed by atoms with Crippen molar-refractivity contribution in [3.63, 3.8) is 0 Å². The number of aryl methyl sites for hydroxylation is 3. The Morgan fingerprint density at radius 2 is 1.79 bits per heavy atom. The van der Waals surface area contributed by atoms with Crippen molar-refractivity contribution in [1.29, 1.82) is 0 Å². The molecule has 122 valence electrons. The summed E-state index contributed by atoms with van der Waals surface area (Å²) in [5.41, 5.74) is 5.39. The Bertz CT molecular complexity index is 894. The summed E-state index contributed by atoms with van der Waals surface area (Å²) < 4.78 is 13.7. The van der Waals surface area contributed by atoms with Crippen LogP contribution in [0.15, 0.2) is 41.8 Å². The van der Waals surface area contributed by atoms with Crippen molar-refractivity contribution < 1.29 is 9.18 Å². The van der Waals surface area contributed by atoms with Gasteiger partial charge < -0.3 is 0 Å². The molecule has 3 aromatic rings. The highest BCUT2D eigenvalue weighted by atomic mass is 32.1. The number of hydrogen-bond donors (Lipinski definition) is 1. The molecular formula is C19H17FN2OS. The third-order valence-electron chi connectivity index (χ3n) is 3.78.